The summed E-state index contributed by atoms with van der Waals surface area (Å²) in [6.07, 6.45) is 0.548. The van der Waals surface area contributed by atoms with E-state index in [-0.39, 0.29) is 17.8 Å². The average molecular weight is 236 g/mol. The van der Waals surface area contributed by atoms with Crippen LogP contribution in [0.2, 0.25) is 0 Å². The lowest BCUT2D eigenvalue weighted by Crippen LogP contribution is -2.44. The van der Waals surface area contributed by atoms with Crippen molar-refractivity contribution in [2.75, 3.05) is 13.1 Å². The predicted octanol–water partition coefficient (Wildman–Crippen LogP) is 1.61. The highest BCUT2D eigenvalue weighted by Crippen LogP contribution is 2.15. The number of nitrogens with one attached hydrogen (secondary N) is 2. The highest BCUT2D eigenvalue weighted by atomic mass is 19.1. The van der Waals surface area contributed by atoms with E-state index in [0.29, 0.717) is 12.3 Å². The molecule has 1 aliphatic rings. The number of carbonyl (C=O) groups is 1. The van der Waals surface area contributed by atoms with Crippen LogP contribution in [-0.2, 0) is 4.79 Å². The Kier molecular flexibility index (Phi) is 3.74. The maximum absolute atomic E-state index is 13.0. The van der Waals surface area contributed by atoms with E-state index in [1.807, 2.05) is 13.0 Å². The van der Waals surface area contributed by atoms with Crippen LogP contribution in [0.4, 0.5) is 4.39 Å². The lowest BCUT2D eigenvalue weighted by atomic mass is 9.98. The van der Waals surface area contributed by atoms with E-state index in [4.69, 9.17) is 0 Å². The fourth-order valence-electron chi connectivity index (χ4n) is 1.91. The first-order chi connectivity index (χ1) is 8.15. The van der Waals surface area contributed by atoms with Crippen molar-refractivity contribution in [1.82, 2.24) is 10.6 Å². The lowest BCUT2D eigenvalue weighted by Gasteiger charge is -2.27. The Hall–Kier alpha value is -1.42. The first-order valence-corrected chi connectivity index (χ1v) is 5.90. The number of benzene rings is 1. The third kappa shape index (κ3) is 3.27. The third-order valence-corrected chi connectivity index (χ3v) is 3.07. The molecular weight excluding hydrogens is 219 g/mol. The molecule has 17 heavy (non-hydrogen) atoms. The van der Waals surface area contributed by atoms with Gasteiger partial charge in [-0.1, -0.05) is 12.1 Å². The monoisotopic (exact) mass is 236 g/mol. The fourth-order valence-corrected chi connectivity index (χ4v) is 1.91. The molecule has 1 saturated heterocycles. The molecule has 0 bridgehead atoms. The van der Waals surface area contributed by atoms with Gasteiger partial charge in [0.15, 0.2) is 0 Å². The molecule has 1 fully saturated rings. The van der Waals surface area contributed by atoms with Crippen molar-refractivity contribution >= 4 is 5.91 Å². The second-order valence-corrected chi connectivity index (χ2v) is 4.57. The smallest absolute Gasteiger partial charge is 0.220 e. The molecule has 0 saturated carbocycles. The van der Waals surface area contributed by atoms with Crippen LogP contribution in [0.3, 0.4) is 0 Å². The Morgan fingerprint density at radius 2 is 2.35 bits per heavy atom. The molecule has 1 aliphatic heterocycles. The zero-order chi connectivity index (χ0) is 12.3. The molecule has 2 N–H and O–H groups in total. The Morgan fingerprint density at radius 1 is 1.59 bits per heavy atom. The summed E-state index contributed by atoms with van der Waals surface area (Å²) in [6.45, 7) is 3.70. The zero-order valence-corrected chi connectivity index (χ0v) is 9.87. The van der Waals surface area contributed by atoms with Gasteiger partial charge in [-0.25, -0.2) is 4.39 Å². The zero-order valence-electron chi connectivity index (χ0n) is 9.87. The standard InChI is InChI=1S/C13H17FN2O/c1-9(11-3-2-4-12(14)6-11)16-13(17)5-10-7-15-8-10/h2-4,6,9-10,15H,5,7-8H2,1H3,(H,16,17). The summed E-state index contributed by atoms with van der Waals surface area (Å²) < 4.78 is 13.0. The van der Waals surface area contributed by atoms with E-state index in [1.54, 1.807) is 6.07 Å². The molecule has 2 rings (SSSR count). The second-order valence-electron chi connectivity index (χ2n) is 4.57. The SMILES string of the molecule is CC(NC(=O)CC1CNC1)c1cccc(F)c1. The lowest BCUT2D eigenvalue weighted by molar-refractivity contribution is -0.123. The largest absolute Gasteiger partial charge is 0.350 e. The summed E-state index contributed by atoms with van der Waals surface area (Å²) in [4.78, 5) is 11.7. The van der Waals surface area contributed by atoms with Crippen molar-refractivity contribution in [3.63, 3.8) is 0 Å². The molecule has 1 aromatic carbocycles. The first-order valence-electron chi connectivity index (χ1n) is 5.90. The average Bonchev–Trinajstić information content (AvgIpc) is 2.23. The van der Waals surface area contributed by atoms with E-state index in [9.17, 15) is 9.18 Å². The van der Waals surface area contributed by atoms with Crippen LogP contribution >= 0.6 is 0 Å². The molecule has 1 aromatic rings. The van der Waals surface area contributed by atoms with Crippen molar-refractivity contribution in [2.24, 2.45) is 5.92 Å². The van der Waals surface area contributed by atoms with E-state index < -0.39 is 0 Å². The van der Waals surface area contributed by atoms with Crippen molar-refractivity contribution < 1.29 is 9.18 Å². The molecule has 0 aromatic heterocycles. The molecule has 3 nitrogen and oxygen atoms in total. The molecule has 1 heterocycles. The normalized spacial score (nSPS) is 17.3. The van der Waals surface area contributed by atoms with Crippen LogP contribution in [0.15, 0.2) is 24.3 Å². The summed E-state index contributed by atoms with van der Waals surface area (Å²) in [5.74, 6) is 0.217. The number of carbonyl (C=O) groups excluding carboxylic acids is 1. The van der Waals surface area contributed by atoms with E-state index >= 15 is 0 Å². The third-order valence-electron chi connectivity index (χ3n) is 3.07. The molecule has 1 amide bonds. The van der Waals surface area contributed by atoms with Gasteiger partial charge in [0, 0.05) is 6.42 Å². The molecule has 0 spiro atoms. The van der Waals surface area contributed by atoms with Gasteiger partial charge in [-0.3, -0.25) is 4.79 Å². The van der Waals surface area contributed by atoms with Crippen LogP contribution in [0.1, 0.15) is 24.9 Å². The van der Waals surface area contributed by atoms with Gasteiger partial charge < -0.3 is 10.6 Å². The van der Waals surface area contributed by atoms with E-state index in [0.717, 1.165) is 18.7 Å². The Bertz CT molecular complexity index is 404. The Balaban J connectivity index is 1.87. The van der Waals surface area contributed by atoms with Crippen LogP contribution in [0, 0.1) is 11.7 Å². The summed E-state index contributed by atoms with van der Waals surface area (Å²) in [5, 5.41) is 6.02. The van der Waals surface area contributed by atoms with Crippen LogP contribution < -0.4 is 10.6 Å². The van der Waals surface area contributed by atoms with Crippen molar-refractivity contribution in [3.8, 4) is 0 Å². The molecule has 1 atom stereocenters. The van der Waals surface area contributed by atoms with Crippen LogP contribution in [-0.4, -0.2) is 19.0 Å². The fraction of sp³-hybridized carbons (Fsp3) is 0.462. The summed E-state index contributed by atoms with van der Waals surface area (Å²) in [7, 11) is 0. The van der Waals surface area contributed by atoms with Gasteiger partial charge in [-0.2, -0.15) is 0 Å². The minimum Gasteiger partial charge on any atom is -0.350 e. The second kappa shape index (κ2) is 5.27. The molecule has 92 valence electrons. The number of hydrogen-bond acceptors (Lipinski definition) is 2. The van der Waals surface area contributed by atoms with Gasteiger partial charge >= 0.3 is 0 Å². The first kappa shape index (κ1) is 12.0. The topological polar surface area (TPSA) is 41.1 Å². The van der Waals surface area contributed by atoms with E-state index in [1.165, 1.54) is 12.1 Å². The minimum atomic E-state index is -0.271. The highest BCUT2D eigenvalue weighted by Gasteiger charge is 2.21. The van der Waals surface area contributed by atoms with Gasteiger partial charge in [0.2, 0.25) is 5.91 Å². The maximum atomic E-state index is 13.0. The maximum Gasteiger partial charge on any atom is 0.220 e. The van der Waals surface area contributed by atoms with Crippen molar-refractivity contribution in [1.29, 1.82) is 0 Å². The van der Waals surface area contributed by atoms with Crippen LogP contribution in [0.5, 0.6) is 0 Å². The number of halogens is 1. The summed E-state index contributed by atoms with van der Waals surface area (Å²) in [6, 6.07) is 6.18. The van der Waals surface area contributed by atoms with Crippen molar-refractivity contribution in [3.05, 3.63) is 35.6 Å². The van der Waals surface area contributed by atoms with Gasteiger partial charge in [-0.15, -0.1) is 0 Å². The number of amides is 1. The number of hydrogen-bond donors (Lipinski definition) is 2. The van der Waals surface area contributed by atoms with E-state index in [2.05, 4.69) is 10.6 Å². The summed E-state index contributed by atoms with van der Waals surface area (Å²) >= 11 is 0. The van der Waals surface area contributed by atoms with Gasteiger partial charge in [0.05, 0.1) is 6.04 Å². The quantitative estimate of drug-likeness (QED) is 0.834. The highest BCUT2D eigenvalue weighted by molar-refractivity contribution is 5.76. The predicted molar refractivity (Wildman–Crippen MR) is 63.9 cm³/mol. The molecule has 0 radical (unpaired) electrons. The van der Waals surface area contributed by atoms with Gasteiger partial charge in [0.1, 0.15) is 5.82 Å². The Labute approximate surface area is 100 Å². The molecular formula is C13H17FN2O. The summed E-state index contributed by atoms with van der Waals surface area (Å²) in [5.41, 5.74) is 0.796. The molecule has 4 heteroatoms. The minimum absolute atomic E-state index is 0.0354. The van der Waals surface area contributed by atoms with Crippen LogP contribution in [0.25, 0.3) is 0 Å². The van der Waals surface area contributed by atoms with Crippen molar-refractivity contribution in [2.45, 2.75) is 19.4 Å². The van der Waals surface area contributed by atoms with Gasteiger partial charge in [-0.05, 0) is 43.6 Å². The molecule has 1 unspecified atom stereocenters. The van der Waals surface area contributed by atoms with Gasteiger partial charge in [0.25, 0.3) is 0 Å². The molecule has 0 aliphatic carbocycles. The number of rotatable bonds is 4. The Morgan fingerprint density at radius 3 is 2.94 bits per heavy atom.